The van der Waals surface area contributed by atoms with Gasteiger partial charge in [-0.05, 0) is 76.1 Å². The zero-order valence-corrected chi connectivity index (χ0v) is 20.2. The van der Waals surface area contributed by atoms with Crippen LogP contribution in [-0.2, 0) is 6.42 Å². The molecule has 2 amide bonds. The number of nitrogens with one attached hydrogen (secondary N) is 2. The Labute approximate surface area is 197 Å². The number of aryl methyl sites for hydroxylation is 1. The van der Waals surface area contributed by atoms with Crippen molar-refractivity contribution in [2.24, 2.45) is 0 Å². The number of benzene rings is 2. The Balaban J connectivity index is 1.30. The molecule has 0 radical (unpaired) electrons. The fraction of sp³-hybridized carbons (Fsp3) is 0.407. The molecule has 0 bridgehead atoms. The Hall–Kier alpha value is -3.12. The average molecular weight is 446 g/mol. The van der Waals surface area contributed by atoms with E-state index in [1.807, 2.05) is 39.8 Å². The topological polar surface area (TPSA) is 60.5 Å². The molecule has 2 aromatic carbocycles. The smallest absolute Gasteiger partial charge is 0.319 e. The first-order chi connectivity index (χ1) is 15.8. The summed E-state index contributed by atoms with van der Waals surface area (Å²) in [5.74, 6) is 0. The monoisotopic (exact) mass is 445 g/mol. The minimum atomic E-state index is -0.259. The highest BCUT2D eigenvalue weighted by atomic mass is 16.2. The predicted octanol–water partition coefficient (Wildman–Crippen LogP) is 4.83. The summed E-state index contributed by atoms with van der Waals surface area (Å²) in [5, 5.41) is 7.11. The van der Waals surface area contributed by atoms with Gasteiger partial charge in [0, 0.05) is 60.7 Å². The summed E-state index contributed by atoms with van der Waals surface area (Å²) in [6.07, 6.45) is 0.966. The molecule has 1 aromatic heterocycles. The Kier molecular flexibility index (Phi) is 6.84. The van der Waals surface area contributed by atoms with Crippen molar-refractivity contribution in [3.8, 4) is 0 Å². The molecule has 1 aliphatic heterocycles. The molecule has 3 aromatic rings. The number of piperazine rings is 1. The number of amides is 2. The number of hydrogen-bond acceptors (Lipinski definition) is 4. The maximum atomic E-state index is 12.2. The lowest BCUT2D eigenvalue weighted by Gasteiger charge is -2.36. The van der Waals surface area contributed by atoms with E-state index in [2.05, 4.69) is 67.9 Å². The molecule has 4 rings (SSSR count). The number of carbonyl (C=O) groups is 1. The SMILES string of the molecule is Cc1ccc2c(N3CCN(CCc4cccc(NC(=O)NC(C)(C)C)c4)CC3)cccc2n1. The number of hydrogen-bond donors (Lipinski definition) is 2. The molecule has 174 valence electrons. The first-order valence-electron chi connectivity index (χ1n) is 11.8. The van der Waals surface area contributed by atoms with Crippen LogP contribution in [0.1, 0.15) is 32.0 Å². The normalized spacial score (nSPS) is 15.0. The molecule has 0 atom stereocenters. The maximum absolute atomic E-state index is 12.2. The third kappa shape index (κ3) is 6.23. The third-order valence-corrected chi connectivity index (χ3v) is 5.95. The van der Waals surface area contributed by atoms with Gasteiger partial charge in [-0.15, -0.1) is 0 Å². The van der Waals surface area contributed by atoms with Crippen molar-refractivity contribution >= 4 is 28.3 Å². The molecule has 33 heavy (non-hydrogen) atoms. The minimum absolute atomic E-state index is 0.172. The van der Waals surface area contributed by atoms with Crippen molar-refractivity contribution in [3.63, 3.8) is 0 Å². The largest absolute Gasteiger partial charge is 0.368 e. The molecule has 6 nitrogen and oxygen atoms in total. The van der Waals surface area contributed by atoms with Crippen molar-refractivity contribution in [1.29, 1.82) is 0 Å². The number of fused-ring (bicyclic) bond motifs is 1. The maximum Gasteiger partial charge on any atom is 0.319 e. The molecule has 1 aliphatic rings. The van der Waals surface area contributed by atoms with Crippen molar-refractivity contribution in [2.75, 3.05) is 42.9 Å². The van der Waals surface area contributed by atoms with E-state index in [4.69, 9.17) is 0 Å². The number of nitrogens with zero attached hydrogens (tertiary/aromatic N) is 3. The fourth-order valence-electron chi connectivity index (χ4n) is 4.32. The lowest BCUT2D eigenvalue weighted by atomic mass is 10.1. The fourth-order valence-corrected chi connectivity index (χ4v) is 4.32. The third-order valence-electron chi connectivity index (χ3n) is 5.95. The van der Waals surface area contributed by atoms with Crippen molar-refractivity contribution < 1.29 is 4.79 Å². The van der Waals surface area contributed by atoms with Gasteiger partial charge < -0.3 is 15.5 Å². The molecular weight excluding hydrogens is 410 g/mol. The van der Waals surface area contributed by atoms with Crippen LogP contribution in [0.4, 0.5) is 16.2 Å². The van der Waals surface area contributed by atoms with Crippen molar-refractivity contribution in [1.82, 2.24) is 15.2 Å². The van der Waals surface area contributed by atoms with Crippen molar-refractivity contribution in [3.05, 3.63) is 65.9 Å². The molecule has 0 saturated carbocycles. The number of anilines is 2. The van der Waals surface area contributed by atoms with E-state index < -0.39 is 0 Å². The number of aromatic nitrogens is 1. The lowest BCUT2D eigenvalue weighted by Crippen LogP contribution is -2.47. The van der Waals surface area contributed by atoms with E-state index in [0.29, 0.717) is 0 Å². The highest BCUT2D eigenvalue weighted by Crippen LogP contribution is 2.27. The quantitative estimate of drug-likeness (QED) is 0.591. The molecule has 6 heteroatoms. The number of urea groups is 1. The highest BCUT2D eigenvalue weighted by Gasteiger charge is 2.19. The van der Waals surface area contributed by atoms with E-state index in [0.717, 1.165) is 56.0 Å². The van der Waals surface area contributed by atoms with Gasteiger partial charge in [-0.3, -0.25) is 9.88 Å². The molecule has 1 fully saturated rings. The summed E-state index contributed by atoms with van der Waals surface area (Å²) in [4.78, 5) is 21.8. The van der Waals surface area contributed by atoms with Crippen LogP contribution in [0.5, 0.6) is 0 Å². The Morgan fingerprint density at radius 1 is 1.00 bits per heavy atom. The summed E-state index contributed by atoms with van der Waals surface area (Å²) in [6, 6.07) is 18.7. The lowest BCUT2D eigenvalue weighted by molar-refractivity contribution is 0.244. The molecule has 0 unspecified atom stereocenters. The second kappa shape index (κ2) is 9.79. The first-order valence-corrected chi connectivity index (χ1v) is 11.8. The van der Waals surface area contributed by atoms with Gasteiger partial charge in [0.1, 0.15) is 0 Å². The minimum Gasteiger partial charge on any atom is -0.368 e. The van der Waals surface area contributed by atoms with Gasteiger partial charge >= 0.3 is 6.03 Å². The molecule has 0 aliphatic carbocycles. The number of pyridine rings is 1. The van der Waals surface area contributed by atoms with Crippen LogP contribution in [0.15, 0.2) is 54.6 Å². The number of carbonyl (C=O) groups excluding carboxylic acids is 1. The van der Waals surface area contributed by atoms with Crippen molar-refractivity contribution in [2.45, 2.75) is 39.7 Å². The summed E-state index contributed by atoms with van der Waals surface area (Å²) in [5.41, 5.74) is 5.22. The number of rotatable bonds is 5. The highest BCUT2D eigenvalue weighted by molar-refractivity contribution is 5.92. The molecule has 1 saturated heterocycles. The molecule has 2 heterocycles. The Bertz CT molecular complexity index is 1110. The standard InChI is InChI=1S/C27H35N5O/c1-20-11-12-23-24(28-20)9-6-10-25(23)32-17-15-31(16-18-32)14-13-21-7-5-8-22(19-21)29-26(33)30-27(2,3)4/h5-12,19H,13-18H2,1-4H3,(H2,29,30,33). The van der Waals surface area contributed by atoms with Crippen LogP contribution in [0.2, 0.25) is 0 Å². The van der Waals surface area contributed by atoms with Gasteiger partial charge in [-0.25, -0.2) is 4.79 Å². The van der Waals surface area contributed by atoms with Gasteiger partial charge in [-0.1, -0.05) is 18.2 Å². The molecule has 2 N–H and O–H groups in total. The Morgan fingerprint density at radius 2 is 1.76 bits per heavy atom. The van der Waals surface area contributed by atoms with Crippen LogP contribution in [-0.4, -0.2) is 54.2 Å². The summed E-state index contributed by atoms with van der Waals surface area (Å²) >= 11 is 0. The van der Waals surface area contributed by atoms with Crippen LogP contribution >= 0.6 is 0 Å². The van der Waals surface area contributed by atoms with Gasteiger partial charge in [-0.2, -0.15) is 0 Å². The van der Waals surface area contributed by atoms with Gasteiger partial charge in [0.2, 0.25) is 0 Å². The van der Waals surface area contributed by atoms with Crippen LogP contribution in [0.3, 0.4) is 0 Å². The zero-order chi connectivity index (χ0) is 23.4. The van der Waals surface area contributed by atoms with E-state index in [9.17, 15) is 4.79 Å². The summed E-state index contributed by atoms with van der Waals surface area (Å²) < 4.78 is 0. The van der Waals surface area contributed by atoms with E-state index >= 15 is 0 Å². The molecular formula is C27H35N5O. The summed E-state index contributed by atoms with van der Waals surface area (Å²) in [7, 11) is 0. The predicted molar refractivity (Wildman–Crippen MR) is 137 cm³/mol. The first kappa shape index (κ1) is 23.1. The summed E-state index contributed by atoms with van der Waals surface area (Å²) in [6.45, 7) is 13.1. The van der Waals surface area contributed by atoms with Crippen LogP contribution < -0.4 is 15.5 Å². The van der Waals surface area contributed by atoms with E-state index in [1.54, 1.807) is 0 Å². The van der Waals surface area contributed by atoms with Crippen LogP contribution in [0, 0.1) is 6.92 Å². The van der Waals surface area contributed by atoms with Crippen LogP contribution in [0.25, 0.3) is 10.9 Å². The Morgan fingerprint density at radius 3 is 2.52 bits per heavy atom. The van der Waals surface area contributed by atoms with Gasteiger partial charge in [0.15, 0.2) is 0 Å². The zero-order valence-electron chi connectivity index (χ0n) is 20.2. The average Bonchev–Trinajstić information content (AvgIpc) is 2.76. The second-order valence-corrected chi connectivity index (χ2v) is 9.90. The second-order valence-electron chi connectivity index (χ2n) is 9.90. The van der Waals surface area contributed by atoms with E-state index in [1.165, 1.54) is 16.6 Å². The molecule has 0 spiro atoms. The van der Waals surface area contributed by atoms with Gasteiger partial charge in [0.25, 0.3) is 0 Å². The van der Waals surface area contributed by atoms with Gasteiger partial charge in [0.05, 0.1) is 5.52 Å². The van der Waals surface area contributed by atoms with E-state index in [-0.39, 0.29) is 11.6 Å².